The maximum atomic E-state index is 2.56. The van der Waals surface area contributed by atoms with E-state index in [1.165, 1.54) is 127 Å². The number of fused-ring (bicyclic) bond motifs is 14. The first-order valence-corrected chi connectivity index (χ1v) is 21.1. The summed E-state index contributed by atoms with van der Waals surface area (Å²) in [5, 5.41) is 5.55. The van der Waals surface area contributed by atoms with E-state index in [0.717, 1.165) is 6.42 Å². The van der Waals surface area contributed by atoms with Gasteiger partial charge in [-0.25, -0.2) is 0 Å². The standard InChI is InChI=1S/C49H46S2/c1-46-21-7-9-23-48(46,3)50-43-19-15-32(28-41(43)46)30-13-17-35-34(25-30)27-40-37-18-14-31(26-39(37)36-11-5-6-12-38(36)45(35)40)33-16-20-44-42(29-33)47(2)22-8-10-24-49(47,4)51-44/h5-6,11-20,25-26,28-29H,7-10,21-24,27H2,1-4H3. The van der Waals surface area contributed by atoms with E-state index >= 15 is 0 Å². The van der Waals surface area contributed by atoms with E-state index in [9.17, 15) is 0 Å². The molecule has 2 heterocycles. The highest BCUT2D eigenvalue weighted by Gasteiger charge is 2.54. The second kappa shape index (κ2) is 10.6. The number of hydrogen-bond acceptors (Lipinski definition) is 2. The normalized spacial score (nSPS) is 28.6. The molecular formula is C49H46S2. The van der Waals surface area contributed by atoms with E-state index in [-0.39, 0.29) is 10.8 Å². The summed E-state index contributed by atoms with van der Waals surface area (Å²) in [5.41, 5.74) is 14.9. The summed E-state index contributed by atoms with van der Waals surface area (Å²) in [4.78, 5) is 3.02. The smallest absolute Gasteiger partial charge is 0.0273 e. The molecule has 11 rings (SSSR count). The predicted molar refractivity (Wildman–Crippen MR) is 221 cm³/mol. The molecule has 0 radical (unpaired) electrons. The van der Waals surface area contributed by atoms with E-state index in [1.807, 2.05) is 0 Å². The Morgan fingerprint density at radius 2 is 1.00 bits per heavy atom. The van der Waals surface area contributed by atoms with Crippen molar-refractivity contribution in [2.24, 2.45) is 0 Å². The molecule has 51 heavy (non-hydrogen) atoms. The first-order chi connectivity index (χ1) is 24.7. The van der Waals surface area contributed by atoms with Gasteiger partial charge in [-0.2, -0.15) is 0 Å². The molecule has 254 valence electrons. The fourth-order valence-corrected chi connectivity index (χ4v) is 14.8. The first-order valence-electron chi connectivity index (χ1n) is 19.5. The second-order valence-electron chi connectivity index (χ2n) is 17.4. The molecule has 3 aliphatic carbocycles. The van der Waals surface area contributed by atoms with Gasteiger partial charge in [0.05, 0.1) is 0 Å². The van der Waals surface area contributed by atoms with Gasteiger partial charge in [0.25, 0.3) is 0 Å². The van der Waals surface area contributed by atoms with Gasteiger partial charge in [0.1, 0.15) is 0 Å². The number of rotatable bonds is 2. The Bertz CT molecular complexity index is 2490. The summed E-state index contributed by atoms with van der Waals surface area (Å²) < 4.78 is 0.637. The molecule has 2 fully saturated rings. The summed E-state index contributed by atoms with van der Waals surface area (Å²) in [7, 11) is 0. The van der Waals surface area contributed by atoms with Gasteiger partial charge in [-0.3, -0.25) is 0 Å². The van der Waals surface area contributed by atoms with E-state index in [4.69, 9.17) is 0 Å². The van der Waals surface area contributed by atoms with Crippen LogP contribution in [0.5, 0.6) is 0 Å². The zero-order valence-electron chi connectivity index (χ0n) is 30.4. The van der Waals surface area contributed by atoms with Crippen molar-refractivity contribution < 1.29 is 0 Å². The van der Waals surface area contributed by atoms with Gasteiger partial charge >= 0.3 is 0 Å². The van der Waals surface area contributed by atoms with Gasteiger partial charge in [-0.15, -0.1) is 23.5 Å². The highest BCUT2D eigenvalue weighted by atomic mass is 32.2. The van der Waals surface area contributed by atoms with Crippen molar-refractivity contribution in [3.05, 3.63) is 119 Å². The number of hydrogen-bond donors (Lipinski definition) is 0. The van der Waals surface area contributed by atoms with Crippen molar-refractivity contribution in [2.75, 3.05) is 0 Å². The largest absolute Gasteiger partial charge is 0.118 e. The van der Waals surface area contributed by atoms with E-state index < -0.39 is 0 Å². The Morgan fingerprint density at radius 1 is 0.471 bits per heavy atom. The van der Waals surface area contributed by atoms with Crippen molar-refractivity contribution in [1.82, 2.24) is 0 Å². The van der Waals surface area contributed by atoms with Crippen LogP contribution in [-0.4, -0.2) is 9.49 Å². The van der Waals surface area contributed by atoms with Crippen molar-refractivity contribution in [1.29, 1.82) is 0 Å². The molecule has 6 aromatic carbocycles. The minimum atomic E-state index is 0.253. The van der Waals surface area contributed by atoms with E-state index in [2.05, 4.69) is 148 Å². The highest BCUT2D eigenvalue weighted by Crippen LogP contribution is 2.64. The van der Waals surface area contributed by atoms with Crippen molar-refractivity contribution in [3.8, 4) is 33.4 Å². The molecule has 0 bridgehead atoms. The van der Waals surface area contributed by atoms with Crippen LogP contribution < -0.4 is 0 Å². The Kier molecular flexibility index (Phi) is 6.45. The third kappa shape index (κ3) is 4.13. The minimum absolute atomic E-state index is 0.253. The molecule has 0 amide bonds. The molecule has 0 spiro atoms. The molecule has 2 saturated carbocycles. The van der Waals surface area contributed by atoms with Crippen molar-refractivity contribution >= 4 is 45.1 Å². The van der Waals surface area contributed by atoms with Gasteiger partial charge in [-0.05, 0) is 153 Å². The quantitative estimate of drug-likeness (QED) is 0.165. The van der Waals surface area contributed by atoms with Gasteiger partial charge < -0.3 is 0 Å². The number of benzene rings is 6. The summed E-state index contributed by atoms with van der Waals surface area (Å²) >= 11 is 4.29. The molecule has 2 aliphatic heterocycles. The Morgan fingerprint density at radius 3 is 1.65 bits per heavy atom. The Hall–Kier alpha value is -3.46. The van der Waals surface area contributed by atoms with Crippen LogP contribution in [-0.2, 0) is 17.3 Å². The maximum Gasteiger partial charge on any atom is 0.0273 e. The van der Waals surface area contributed by atoms with Crippen LogP contribution in [0.4, 0.5) is 0 Å². The lowest BCUT2D eigenvalue weighted by Gasteiger charge is -2.45. The lowest BCUT2D eigenvalue weighted by molar-refractivity contribution is 0.260. The van der Waals surface area contributed by atoms with Crippen LogP contribution in [0.1, 0.15) is 101 Å². The van der Waals surface area contributed by atoms with Crippen LogP contribution in [0.2, 0.25) is 0 Å². The Labute approximate surface area is 311 Å². The highest BCUT2D eigenvalue weighted by molar-refractivity contribution is 8.01. The summed E-state index contributed by atoms with van der Waals surface area (Å²) in [6, 6.07) is 38.6. The monoisotopic (exact) mass is 698 g/mol. The summed E-state index contributed by atoms with van der Waals surface area (Å²) in [6.07, 6.45) is 11.7. The molecule has 0 aromatic heterocycles. The lowest BCUT2D eigenvalue weighted by atomic mass is 9.64. The molecule has 4 unspecified atom stereocenters. The predicted octanol–water partition coefficient (Wildman–Crippen LogP) is 14.3. The summed E-state index contributed by atoms with van der Waals surface area (Å²) in [6.45, 7) is 10.1. The molecular weight excluding hydrogens is 653 g/mol. The molecule has 0 N–H and O–H groups in total. The van der Waals surface area contributed by atoms with Crippen LogP contribution in [0.25, 0.3) is 54.9 Å². The van der Waals surface area contributed by atoms with Gasteiger partial charge in [-0.1, -0.05) is 106 Å². The fourth-order valence-electron chi connectivity index (χ4n) is 11.4. The lowest BCUT2D eigenvalue weighted by Crippen LogP contribution is -2.43. The zero-order valence-corrected chi connectivity index (χ0v) is 32.1. The molecule has 2 heteroatoms. The average molecular weight is 699 g/mol. The molecule has 6 aromatic rings. The molecule has 0 saturated heterocycles. The van der Waals surface area contributed by atoms with Crippen molar-refractivity contribution in [3.63, 3.8) is 0 Å². The van der Waals surface area contributed by atoms with Crippen LogP contribution >= 0.6 is 23.5 Å². The van der Waals surface area contributed by atoms with Gasteiger partial charge in [0.2, 0.25) is 0 Å². The molecule has 4 atom stereocenters. The van der Waals surface area contributed by atoms with E-state index in [1.54, 1.807) is 11.1 Å². The first kappa shape index (κ1) is 31.1. The third-order valence-electron chi connectivity index (χ3n) is 14.9. The topological polar surface area (TPSA) is 0 Å². The fraction of sp³-hybridized carbons (Fsp3) is 0.347. The van der Waals surface area contributed by atoms with Gasteiger partial charge in [0.15, 0.2) is 0 Å². The van der Waals surface area contributed by atoms with Gasteiger partial charge in [0, 0.05) is 30.1 Å². The van der Waals surface area contributed by atoms with Crippen molar-refractivity contribution in [2.45, 2.75) is 116 Å². The zero-order chi connectivity index (χ0) is 34.3. The molecule has 0 nitrogen and oxygen atoms in total. The third-order valence-corrected chi connectivity index (χ3v) is 18.2. The average Bonchev–Trinajstić information content (AvgIpc) is 3.73. The van der Waals surface area contributed by atoms with Crippen LogP contribution in [0.3, 0.4) is 0 Å². The SMILES string of the molecule is CC12CCCCC1(C)c1cc(-c3ccc4c(c3)Cc3c-4c4ccccc4c4cc(-c5ccc6c(c5)C5(C)CCCCC5(C)S6)ccc34)ccc1S2. The summed E-state index contributed by atoms with van der Waals surface area (Å²) in [5.74, 6) is 0. The second-order valence-corrected chi connectivity index (χ2v) is 20.5. The number of thioether (sulfide) groups is 2. The minimum Gasteiger partial charge on any atom is -0.118 e. The maximum absolute atomic E-state index is 2.56. The Balaban J connectivity index is 1.00. The van der Waals surface area contributed by atoms with Crippen LogP contribution in [0, 0.1) is 0 Å². The van der Waals surface area contributed by atoms with Crippen LogP contribution in [0.15, 0.2) is 107 Å². The molecule has 5 aliphatic rings. The van der Waals surface area contributed by atoms with E-state index in [0.29, 0.717) is 9.49 Å².